The van der Waals surface area contributed by atoms with Crippen LogP contribution in [0.4, 0.5) is 0 Å². The Morgan fingerprint density at radius 2 is 2.20 bits per heavy atom. The zero-order valence-electron chi connectivity index (χ0n) is 11.0. The van der Waals surface area contributed by atoms with Crippen LogP contribution in [0.3, 0.4) is 0 Å². The Bertz CT molecular complexity index is 687. The summed E-state index contributed by atoms with van der Waals surface area (Å²) in [5, 5.41) is 6.85. The first-order chi connectivity index (χ1) is 9.74. The van der Waals surface area contributed by atoms with Crippen LogP contribution in [-0.4, -0.2) is 25.0 Å². The van der Waals surface area contributed by atoms with E-state index in [-0.39, 0.29) is 17.5 Å². The van der Waals surface area contributed by atoms with Gasteiger partial charge in [0, 0.05) is 18.0 Å². The monoisotopic (exact) mass is 272 g/mol. The molecule has 0 bridgehead atoms. The smallest absolute Gasteiger partial charge is 0.349 e. The highest BCUT2D eigenvalue weighted by Crippen LogP contribution is 2.13. The first-order valence-electron chi connectivity index (χ1n) is 6.78. The van der Waals surface area contributed by atoms with Gasteiger partial charge in [-0.3, -0.25) is 4.79 Å². The maximum Gasteiger partial charge on any atom is 0.349 e. The van der Waals surface area contributed by atoms with E-state index in [0.29, 0.717) is 5.58 Å². The van der Waals surface area contributed by atoms with Crippen LogP contribution >= 0.6 is 0 Å². The lowest BCUT2D eigenvalue weighted by atomic mass is 10.1. The lowest BCUT2D eigenvalue weighted by Crippen LogP contribution is -2.46. The van der Waals surface area contributed by atoms with Crippen molar-refractivity contribution in [3.05, 3.63) is 46.3 Å². The van der Waals surface area contributed by atoms with Crippen LogP contribution in [0.1, 0.15) is 23.2 Å². The number of para-hydroxylation sites is 1. The molecule has 5 heteroatoms. The van der Waals surface area contributed by atoms with E-state index in [1.165, 1.54) is 0 Å². The van der Waals surface area contributed by atoms with E-state index >= 15 is 0 Å². The molecular formula is C15H16N2O3. The number of hydrogen-bond acceptors (Lipinski definition) is 4. The Hall–Kier alpha value is -2.14. The molecule has 1 atom stereocenters. The first-order valence-corrected chi connectivity index (χ1v) is 6.78. The van der Waals surface area contributed by atoms with Gasteiger partial charge < -0.3 is 15.1 Å². The summed E-state index contributed by atoms with van der Waals surface area (Å²) in [5.74, 6) is -0.363. The molecule has 104 valence electrons. The van der Waals surface area contributed by atoms with Crippen LogP contribution < -0.4 is 16.3 Å². The lowest BCUT2D eigenvalue weighted by Gasteiger charge is -2.23. The molecule has 1 fully saturated rings. The summed E-state index contributed by atoms with van der Waals surface area (Å²) < 4.78 is 5.17. The molecule has 1 amide bonds. The van der Waals surface area contributed by atoms with Gasteiger partial charge in [0.2, 0.25) is 0 Å². The van der Waals surface area contributed by atoms with E-state index in [0.717, 1.165) is 31.3 Å². The minimum Gasteiger partial charge on any atom is -0.422 e. The molecule has 3 rings (SSSR count). The highest BCUT2D eigenvalue weighted by Gasteiger charge is 2.19. The average Bonchev–Trinajstić information content (AvgIpc) is 2.47. The molecule has 1 saturated heterocycles. The summed E-state index contributed by atoms with van der Waals surface area (Å²) in [5.41, 5.74) is -0.0346. The summed E-state index contributed by atoms with van der Waals surface area (Å²) in [6.07, 6.45) is 1.95. The molecule has 1 aromatic heterocycles. The van der Waals surface area contributed by atoms with Gasteiger partial charge in [0.25, 0.3) is 5.91 Å². The summed E-state index contributed by atoms with van der Waals surface area (Å²) >= 11 is 0. The van der Waals surface area contributed by atoms with E-state index in [1.54, 1.807) is 18.2 Å². The third kappa shape index (κ3) is 2.58. The van der Waals surface area contributed by atoms with E-state index in [1.807, 2.05) is 12.1 Å². The molecule has 1 aromatic carbocycles. The van der Waals surface area contributed by atoms with E-state index in [9.17, 15) is 9.59 Å². The summed E-state index contributed by atoms with van der Waals surface area (Å²) in [7, 11) is 0. The zero-order chi connectivity index (χ0) is 13.9. The van der Waals surface area contributed by atoms with Gasteiger partial charge in [-0.25, -0.2) is 4.79 Å². The largest absolute Gasteiger partial charge is 0.422 e. The second kappa shape index (κ2) is 5.46. The van der Waals surface area contributed by atoms with Crippen molar-refractivity contribution >= 4 is 16.9 Å². The maximum absolute atomic E-state index is 12.2. The standard InChI is InChI=1S/C15H16N2O3/c18-14(17-11-5-3-7-16-9-11)12-8-10-4-1-2-6-13(10)20-15(12)19/h1-2,4,6,8,11,16H,3,5,7,9H2,(H,17,18). The van der Waals surface area contributed by atoms with Crippen LogP contribution in [0.15, 0.2) is 39.5 Å². The molecule has 1 unspecified atom stereocenters. The van der Waals surface area contributed by atoms with Crippen molar-refractivity contribution in [3.8, 4) is 0 Å². The number of amides is 1. The van der Waals surface area contributed by atoms with Gasteiger partial charge >= 0.3 is 5.63 Å². The van der Waals surface area contributed by atoms with Gasteiger partial charge in [0.1, 0.15) is 11.1 Å². The van der Waals surface area contributed by atoms with E-state index < -0.39 is 5.63 Å². The molecule has 20 heavy (non-hydrogen) atoms. The Kier molecular flexibility index (Phi) is 3.52. The van der Waals surface area contributed by atoms with Crippen molar-refractivity contribution in [2.24, 2.45) is 0 Å². The first kappa shape index (κ1) is 12.9. The lowest BCUT2D eigenvalue weighted by molar-refractivity contribution is 0.0927. The fourth-order valence-corrected chi connectivity index (χ4v) is 2.46. The highest BCUT2D eigenvalue weighted by atomic mass is 16.4. The van der Waals surface area contributed by atoms with Gasteiger partial charge in [-0.2, -0.15) is 0 Å². The van der Waals surface area contributed by atoms with E-state index in [2.05, 4.69) is 10.6 Å². The molecule has 1 aliphatic heterocycles. The van der Waals surface area contributed by atoms with Gasteiger partial charge in [-0.1, -0.05) is 18.2 Å². The number of benzene rings is 1. The van der Waals surface area contributed by atoms with Gasteiger partial charge in [0.15, 0.2) is 0 Å². The highest BCUT2D eigenvalue weighted by molar-refractivity contribution is 5.96. The van der Waals surface area contributed by atoms with Crippen molar-refractivity contribution in [1.82, 2.24) is 10.6 Å². The van der Waals surface area contributed by atoms with Crippen LogP contribution in [-0.2, 0) is 0 Å². The number of carbonyl (C=O) groups excluding carboxylic acids is 1. The van der Waals surface area contributed by atoms with Crippen molar-refractivity contribution in [2.45, 2.75) is 18.9 Å². The van der Waals surface area contributed by atoms with Crippen LogP contribution in [0, 0.1) is 0 Å². The van der Waals surface area contributed by atoms with Crippen LogP contribution in [0.25, 0.3) is 11.0 Å². The second-order valence-electron chi connectivity index (χ2n) is 5.00. The third-order valence-electron chi connectivity index (χ3n) is 3.52. The molecule has 0 radical (unpaired) electrons. The normalized spacial score (nSPS) is 18.9. The number of hydrogen-bond donors (Lipinski definition) is 2. The number of piperidine rings is 1. The van der Waals surface area contributed by atoms with Crippen LogP contribution in [0.5, 0.6) is 0 Å². The fraction of sp³-hybridized carbons (Fsp3) is 0.333. The molecule has 2 N–H and O–H groups in total. The maximum atomic E-state index is 12.2. The van der Waals surface area contributed by atoms with Gasteiger partial charge in [-0.05, 0) is 31.5 Å². The second-order valence-corrected chi connectivity index (χ2v) is 5.00. The Morgan fingerprint density at radius 3 is 3.00 bits per heavy atom. The minimum atomic E-state index is -0.593. The van der Waals surface area contributed by atoms with Gasteiger partial charge in [-0.15, -0.1) is 0 Å². The minimum absolute atomic E-state index is 0.0641. The Balaban J connectivity index is 1.87. The summed E-state index contributed by atoms with van der Waals surface area (Å²) in [4.78, 5) is 24.1. The molecule has 2 heterocycles. The zero-order valence-corrected chi connectivity index (χ0v) is 11.0. The molecule has 0 aliphatic carbocycles. The number of fused-ring (bicyclic) bond motifs is 1. The molecule has 0 saturated carbocycles. The molecule has 5 nitrogen and oxygen atoms in total. The fourth-order valence-electron chi connectivity index (χ4n) is 2.46. The topological polar surface area (TPSA) is 71.3 Å². The molecular weight excluding hydrogens is 256 g/mol. The van der Waals surface area contributed by atoms with E-state index in [4.69, 9.17) is 4.42 Å². The summed E-state index contributed by atoms with van der Waals surface area (Å²) in [6, 6.07) is 8.82. The average molecular weight is 272 g/mol. The van der Waals surface area contributed by atoms with Crippen molar-refractivity contribution in [1.29, 1.82) is 0 Å². The van der Waals surface area contributed by atoms with Gasteiger partial charge in [0.05, 0.1) is 0 Å². The number of carbonyl (C=O) groups is 1. The van der Waals surface area contributed by atoms with Crippen molar-refractivity contribution in [2.75, 3.05) is 13.1 Å². The third-order valence-corrected chi connectivity index (χ3v) is 3.52. The SMILES string of the molecule is O=C(NC1CCCNC1)c1cc2ccccc2oc1=O. The number of nitrogens with one attached hydrogen (secondary N) is 2. The molecule has 1 aliphatic rings. The Morgan fingerprint density at radius 1 is 1.35 bits per heavy atom. The van der Waals surface area contributed by atoms with Crippen molar-refractivity contribution in [3.63, 3.8) is 0 Å². The molecule has 0 spiro atoms. The predicted octanol–water partition coefficient (Wildman–Crippen LogP) is 1.27. The molecule has 2 aromatic rings. The quantitative estimate of drug-likeness (QED) is 0.808. The van der Waals surface area contributed by atoms with Crippen LogP contribution in [0.2, 0.25) is 0 Å². The number of rotatable bonds is 2. The van der Waals surface area contributed by atoms with Crippen molar-refractivity contribution < 1.29 is 9.21 Å². The predicted molar refractivity (Wildman–Crippen MR) is 75.8 cm³/mol. The summed E-state index contributed by atoms with van der Waals surface area (Å²) in [6.45, 7) is 1.72. The Labute approximate surface area is 116 Å².